The first-order valence-electron chi connectivity index (χ1n) is 5.15. The van der Waals surface area contributed by atoms with E-state index in [0.717, 1.165) is 5.71 Å². The highest BCUT2D eigenvalue weighted by Crippen LogP contribution is 2.39. The van der Waals surface area contributed by atoms with E-state index in [1.165, 1.54) is 11.1 Å². The van der Waals surface area contributed by atoms with E-state index < -0.39 is 0 Å². The van der Waals surface area contributed by atoms with E-state index in [1.807, 2.05) is 6.20 Å². The molecule has 1 fully saturated rings. The molecule has 0 bridgehead atoms. The molecule has 0 aromatic rings. The fourth-order valence-corrected chi connectivity index (χ4v) is 2.34. The Hall–Kier alpha value is -0.890. The van der Waals surface area contributed by atoms with Gasteiger partial charge >= 0.3 is 0 Å². The molecule has 1 aliphatic carbocycles. The van der Waals surface area contributed by atoms with Crippen molar-refractivity contribution in [3.05, 3.63) is 23.4 Å². The monoisotopic (exact) mass is 191 g/mol. The maximum atomic E-state index is 5.41. The van der Waals surface area contributed by atoms with Gasteiger partial charge in [0.05, 0.1) is 5.71 Å². The largest absolute Gasteiger partial charge is 0.375 e. The molecule has 0 saturated heterocycles. The fraction of sp³-hybridized carbons (Fsp3) is 0.583. The van der Waals surface area contributed by atoms with Crippen LogP contribution in [0.3, 0.4) is 0 Å². The number of rotatable bonds is 1. The number of hydrogen-bond donors (Lipinski definition) is 0. The minimum Gasteiger partial charge on any atom is -0.375 e. The van der Waals surface area contributed by atoms with Crippen LogP contribution in [-0.4, -0.2) is 18.9 Å². The summed E-state index contributed by atoms with van der Waals surface area (Å²) in [6.45, 7) is 6.63. The molecule has 2 aliphatic rings. The Balaban J connectivity index is 2.40. The van der Waals surface area contributed by atoms with Crippen LogP contribution in [0.2, 0.25) is 0 Å². The van der Waals surface area contributed by atoms with E-state index >= 15 is 0 Å². The molecule has 0 radical (unpaired) electrons. The normalized spacial score (nSPS) is 36.0. The van der Waals surface area contributed by atoms with Gasteiger partial charge in [0.1, 0.15) is 6.10 Å². The number of allylic oxidation sites excluding steroid dienone is 2. The smallest absolute Gasteiger partial charge is 0.106 e. The van der Waals surface area contributed by atoms with Gasteiger partial charge in [-0.1, -0.05) is 25.5 Å². The van der Waals surface area contributed by atoms with Crippen molar-refractivity contribution in [3.8, 4) is 0 Å². The molecule has 14 heavy (non-hydrogen) atoms. The molecule has 0 amide bonds. The van der Waals surface area contributed by atoms with Crippen molar-refractivity contribution in [1.82, 2.24) is 0 Å². The first-order chi connectivity index (χ1) is 6.66. The number of hydrogen-bond acceptors (Lipinski definition) is 2. The SMILES string of the molecule is CO[C@@H]1C2=NC=C[C@@H](C)C(C)=C2C1C. The molecule has 1 saturated carbocycles. The van der Waals surface area contributed by atoms with Crippen molar-refractivity contribution in [3.63, 3.8) is 0 Å². The average molecular weight is 191 g/mol. The van der Waals surface area contributed by atoms with E-state index in [-0.39, 0.29) is 6.10 Å². The lowest BCUT2D eigenvalue weighted by atomic mass is 9.71. The van der Waals surface area contributed by atoms with E-state index in [9.17, 15) is 0 Å². The molecule has 0 aromatic carbocycles. The van der Waals surface area contributed by atoms with Crippen LogP contribution in [0, 0.1) is 11.8 Å². The second kappa shape index (κ2) is 3.35. The lowest BCUT2D eigenvalue weighted by molar-refractivity contribution is 0.107. The number of fused-ring (bicyclic) bond motifs is 1. The van der Waals surface area contributed by atoms with Crippen LogP contribution in [0.15, 0.2) is 28.4 Å². The van der Waals surface area contributed by atoms with Crippen molar-refractivity contribution in [2.24, 2.45) is 16.8 Å². The Kier molecular flexibility index (Phi) is 2.31. The third-order valence-electron chi connectivity index (χ3n) is 3.41. The Labute approximate surface area is 85.4 Å². The Bertz CT molecular complexity index is 338. The van der Waals surface area contributed by atoms with Crippen LogP contribution in [0.25, 0.3) is 0 Å². The van der Waals surface area contributed by atoms with Gasteiger partial charge in [-0.05, 0) is 18.4 Å². The minimum absolute atomic E-state index is 0.204. The second-order valence-corrected chi connectivity index (χ2v) is 4.19. The predicted octanol–water partition coefficient (Wildman–Crippen LogP) is 2.57. The van der Waals surface area contributed by atoms with Crippen molar-refractivity contribution < 1.29 is 4.74 Å². The summed E-state index contributed by atoms with van der Waals surface area (Å²) in [5, 5.41) is 0. The molecule has 76 valence electrons. The number of nitrogens with zero attached hydrogens (tertiary/aromatic N) is 1. The van der Waals surface area contributed by atoms with E-state index in [2.05, 4.69) is 31.8 Å². The molecular formula is C12H17NO. The van der Waals surface area contributed by atoms with Gasteiger partial charge in [0.2, 0.25) is 0 Å². The molecule has 1 unspecified atom stereocenters. The Morgan fingerprint density at radius 2 is 2.07 bits per heavy atom. The highest BCUT2D eigenvalue weighted by molar-refractivity contribution is 6.11. The van der Waals surface area contributed by atoms with Gasteiger partial charge in [-0.3, -0.25) is 4.99 Å². The van der Waals surface area contributed by atoms with Gasteiger partial charge < -0.3 is 4.74 Å². The molecule has 0 spiro atoms. The topological polar surface area (TPSA) is 21.6 Å². The first-order valence-corrected chi connectivity index (χ1v) is 5.15. The van der Waals surface area contributed by atoms with Crippen LogP contribution in [0.4, 0.5) is 0 Å². The summed E-state index contributed by atoms with van der Waals surface area (Å²) >= 11 is 0. The minimum atomic E-state index is 0.204. The Morgan fingerprint density at radius 1 is 1.36 bits per heavy atom. The zero-order valence-electron chi connectivity index (χ0n) is 9.24. The van der Waals surface area contributed by atoms with E-state index in [4.69, 9.17) is 4.74 Å². The molecule has 2 rings (SSSR count). The van der Waals surface area contributed by atoms with Crippen LogP contribution in [0.1, 0.15) is 20.8 Å². The van der Waals surface area contributed by atoms with Crippen LogP contribution >= 0.6 is 0 Å². The van der Waals surface area contributed by atoms with Gasteiger partial charge in [-0.2, -0.15) is 0 Å². The van der Waals surface area contributed by atoms with Crippen LogP contribution in [0.5, 0.6) is 0 Å². The zero-order valence-corrected chi connectivity index (χ0v) is 9.24. The molecular weight excluding hydrogens is 174 g/mol. The van der Waals surface area contributed by atoms with Crippen LogP contribution in [-0.2, 0) is 4.74 Å². The van der Waals surface area contributed by atoms with Gasteiger partial charge in [-0.15, -0.1) is 0 Å². The summed E-state index contributed by atoms with van der Waals surface area (Å²) in [6.07, 6.45) is 4.26. The Morgan fingerprint density at radius 3 is 2.71 bits per heavy atom. The van der Waals surface area contributed by atoms with Crippen molar-refractivity contribution in [2.75, 3.05) is 7.11 Å². The number of aliphatic imine (C=N–C) groups is 1. The second-order valence-electron chi connectivity index (χ2n) is 4.19. The molecule has 0 N–H and O–H groups in total. The summed E-state index contributed by atoms with van der Waals surface area (Å²) in [7, 11) is 1.76. The standard InChI is InChI=1S/C12H17NO/c1-7-5-6-13-11-10(8(7)2)9(3)12(11)14-4/h5-7,9,12H,1-4H3/t7-,9?,12+/m1/s1. The molecule has 2 heteroatoms. The predicted molar refractivity (Wildman–Crippen MR) is 58.4 cm³/mol. The summed E-state index contributed by atoms with van der Waals surface area (Å²) in [5.74, 6) is 1.01. The summed E-state index contributed by atoms with van der Waals surface area (Å²) < 4.78 is 5.41. The summed E-state index contributed by atoms with van der Waals surface area (Å²) in [4.78, 5) is 4.45. The summed E-state index contributed by atoms with van der Waals surface area (Å²) in [5.41, 5.74) is 3.99. The lowest BCUT2D eigenvalue weighted by Crippen LogP contribution is -2.46. The quantitative estimate of drug-likeness (QED) is 0.624. The van der Waals surface area contributed by atoms with E-state index in [1.54, 1.807) is 7.11 Å². The van der Waals surface area contributed by atoms with Crippen molar-refractivity contribution in [1.29, 1.82) is 0 Å². The highest BCUT2D eigenvalue weighted by atomic mass is 16.5. The summed E-state index contributed by atoms with van der Waals surface area (Å²) in [6, 6.07) is 0. The third kappa shape index (κ3) is 1.17. The van der Waals surface area contributed by atoms with Crippen molar-refractivity contribution >= 4 is 5.71 Å². The molecule has 1 heterocycles. The van der Waals surface area contributed by atoms with Gasteiger partial charge in [0.25, 0.3) is 0 Å². The maximum Gasteiger partial charge on any atom is 0.106 e. The lowest BCUT2D eigenvalue weighted by Gasteiger charge is -2.39. The highest BCUT2D eigenvalue weighted by Gasteiger charge is 2.41. The number of ether oxygens (including phenoxy) is 1. The van der Waals surface area contributed by atoms with Gasteiger partial charge in [0.15, 0.2) is 0 Å². The van der Waals surface area contributed by atoms with E-state index in [0.29, 0.717) is 11.8 Å². The molecule has 2 nitrogen and oxygen atoms in total. The molecule has 3 atom stereocenters. The molecule has 1 aliphatic heterocycles. The maximum absolute atomic E-state index is 5.41. The van der Waals surface area contributed by atoms with Gasteiger partial charge in [0, 0.05) is 19.2 Å². The average Bonchev–Trinajstić information content (AvgIpc) is 2.27. The zero-order chi connectivity index (χ0) is 10.3. The third-order valence-corrected chi connectivity index (χ3v) is 3.41. The molecule has 0 aromatic heterocycles. The number of methoxy groups -OCH3 is 1. The van der Waals surface area contributed by atoms with Crippen molar-refractivity contribution in [2.45, 2.75) is 26.9 Å². The van der Waals surface area contributed by atoms with Gasteiger partial charge in [-0.25, -0.2) is 0 Å². The first kappa shape index (κ1) is 9.66. The fourth-order valence-electron chi connectivity index (χ4n) is 2.34. The van der Waals surface area contributed by atoms with Crippen LogP contribution < -0.4 is 0 Å².